The van der Waals surface area contributed by atoms with Crippen LogP contribution in [0.4, 0.5) is 13.2 Å². The van der Waals surface area contributed by atoms with Crippen LogP contribution in [0.2, 0.25) is 0 Å². The Hall–Kier alpha value is -1.63. The number of carbonyl (C=O) groups is 1. The molecule has 0 saturated carbocycles. The predicted molar refractivity (Wildman–Crippen MR) is 60.1 cm³/mol. The summed E-state index contributed by atoms with van der Waals surface area (Å²) in [5.74, 6) is -4.56. The first-order valence-electron chi connectivity index (χ1n) is 4.51. The number of benzene rings is 1. The normalized spacial score (nSPS) is 10.1. The highest BCUT2D eigenvalue weighted by Gasteiger charge is 2.22. The fourth-order valence-electron chi connectivity index (χ4n) is 1.24. The number of amides is 1. The third-order valence-corrected chi connectivity index (χ3v) is 2.09. The minimum Gasteiger partial charge on any atom is -0.392 e. The van der Waals surface area contributed by atoms with Gasteiger partial charge in [0.15, 0.2) is 0 Å². The molecule has 0 spiro atoms. The van der Waals surface area contributed by atoms with Crippen molar-refractivity contribution in [3.63, 3.8) is 0 Å². The van der Waals surface area contributed by atoms with E-state index in [0.717, 1.165) is 4.90 Å². The number of hydrogen-bond acceptors (Lipinski definition) is 2. The molecule has 0 aliphatic carbocycles. The number of hydrogen-bond donors (Lipinski definition) is 1. The summed E-state index contributed by atoms with van der Waals surface area (Å²) in [6.45, 7) is -0.121. The number of nitrogens with zero attached hydrogens (tertiary/aromatic N) is 1. The quantitative estimate of drug-likeness (QED) is 0.839. The lowest BCUT2D eigenvalue weighted by Gasteiger charge is -2.16. The van der Waals surface area contributed by atoms with Crippen LogP contribution in [-0.4, -0.2) is 29.4 Å². The maximum Gasteiger partial charge on any atom is 0.259 e. The topological polar surface area (TPSA) is 46.3 Å². The first-order valence-corrected chi connectivity index (χ1v) is 4.92. The molecule has 17 heavy (non-hydrogen) atoms. The Morgan fingerprint density at radius 1 is 1.35 bits per heavy atom. The van der Waals surface area contributed by atoms with Gasteiger partial charge >= 0.3 is 0 Å². The Morgan fingerprint density at radius 2 is 1.82 bits per heavy atom. The maximum absolute atomic E-state index is 13.3. The van der Waals surface area contributed by atoms with Crippen molar-refractivity contribution in [1.29, 1.82) is 0 Å². The molecule has 0 unspecified atom stereocenters. The van der Waals surface area contributed by atoms with Crippen LogP contribution in [0, 0.1) is 17.5 Å². The number of likely N-dealkylation sites (N-methyl/N-ethyl adjacent to an activating group) is 1. The van der Waals surface area contributed by atoms with Gasteiger partial charge in [-0.2, -0.15) is 0 Å². The molecular formula is C10H9F3N2OS. The SMILES string of the molecule is CN(CC(N)=S)C(=O)c1c(F)cc(F)cc1F. The largest absolute Gasteiger partial charge is 0.392 e. The average molecular weight is 262 g/mol. The maximum atomic E-state index is 13.3. The molecule has 7 heteroatoms. The summed E-state index contributed by atoms with van der Waals surface area (Å²) in [5.41, 5.74) is 4.37. The molecule has 0 atom stereocenters. The molecule has 0 bridgehead atoms. The van der Waals surface area contributed by atoms with Gasteiger partial charge in [-0.25, -0.2) is 13.2 Å². The lowest BCUT2D eigenvalue weighted by molar-refractivity contribution is 0.0805. The van der Waals surface area contributed by atoms with E-state index in [1.807, 2.05) is 0 Å². The van der Waals surface area contributed by atoms with E-state index in [4.69, 9.17) is 5.73 Å². The molecule has 3 nitrogen and oxygen atoms in total. The Balaban J connectivity index is 3.08. The van der Waals surface area contributed by atoms with Gasteiger partial charge in [0.2, 0.25) is 0 Å². The van der Waals surface area contributed by atoms with Crippen LogP contribution in [0.15, 0.2) is 12.1 Å². The zero-order valence-electron chi connectivity index (χ0n) is 8.84. The highest BCUT2D eigenvalue weighted by atomic mass is 32.1. The van der Waals surface area contributed by atoms with Gasteiger partial charge in [-0.15, -0.1) is 0 Å². The second kappa shape index (κ2) is 5.13. The summed E-state index contributed by atoms with van der Waals surface area (Å²) in [6, 6.07) is 0.871. The third-order valence-electron chi connectivity index (χ3n) is 1.96. The Kier molecular flexibility index (Phi) is 4.06. The molecule has 0 heterocycles. The molecule has 92 valence electrons. The summed E-state index contributed by atoms with van der Waals surface area (Å²) >= 11 is 4.56. The third kappa shape index (κ3) is 3.16. The lowest BCUT2D eigenvalue weighted by atomic mass is 10.1. The van der Waals surface area contributed by atoms with Gasteiger partial charge in [-0.3, -0.25) is 4.79 Å². The van der Waals surface area contributed by atoms with Crippen molar-refractivity contribution < 1.29 is 18.0 Å². The first kappa shape index (κ1) is 13.4. The Labute approximate surface area is 101 Å². The molecule has 1 aromatic carbocycles. The van der Waals surface area contributed by atoms with Crippen molar-refractivity contribution in [2.45, 2.75) is 0 Å². The zero-order valence-corrected chi connectivity index (χ0v) is 9.65. The van der Waals surface area contributed by atoms with Gasteiger partial charge in [0, 0.05) is 19.2 Å². The van der Waals surface area contributed by atoms with E-state index in [9.17, 15) is 18.0 Å². The molecule has 0 aliphatic heterocycles. The summed E-state index contributed by atoms with van der Waals surface area (Å²) in [4.78, 5) is 12.6. The van der Waals surface area contributed by atoms with E-state index in [1.165, 1.54) is 7.05 Å². The van der Waals surface area contributed by atoms with Gasteiger partial charge in [0.05, 0.1) is 11.5 Å². The lowest BCUT2D eigenvalue weighted by Crippen LogP contribution is -2.35. The molecule has 1 rings (SSSR count). The van der Waals surface area contributed by atoms with Crippen molar-refractivity contribution in [2.24, 2.45) is 5.73 Å². The second-order valence-corrected chi connectivity index (χ2v) is 3.90. The average Bonchev–Trinajstić information content (AvgIpc) is 2.14. The van der Waals surface area contributed by atoms with E-state index in [2.05, 4.69) is 12.2 Å². The van der Waals surface area contributed by atoms with Crippen molar-refractivity contribution in [3.05, 3.63) is 35.1 Å². The van der Waals surface area contributed by atoms with Crippen LogP contribution in [0.3, 0.4) is 0 Å². The standard InChI is InChI=1S/C10H9F3N2OS/c1-15(4-8(14)17)10(16)9-6(12)2-5(11)3-7(9)13/h2-3H,4H2,1H3,(H2,14,17). The molecule has 0 radical (unpaired) electrons. The van der Waals surface area contributed by atoms with E-state index in [1.54, 1.807) is 0 Å². The number of rotatable bonds is 3. The number of nitrogens with two attached hydrogens (primary N) is 1. The molecule has 0 aliphatic rings. The molecular weight excluding hydrogens is 253 g/mol. The van der Waals surface area contributed by atoms with Crippen LogP contribution < -0.4 is 5.73 Å². The van der Waals surface area contributed by atoms with Crippen molar-refractivity contribution >= 4 is 23.1 Å². The first-order chi connectivity index (χ1) is 7.82. The highest BCUT2D eigenvalue weighted by Crippen LogP contribution is 2.16. The minimum absolute atomic E-state index is 0.00350. The zero-order chi connectivity index (χ0) is 13.2. The summed E-state index contributed by atoms with van der Waals surface area (Å²) < 4.78 is 39.2. The van der Waals surface area contributed by atoms with Crippen LogP contribution in [0.1, 0.15) is 10.4 Å². The summed E-state index contributed by atoms with van der Waals surface area (Å²) in [7, 11) is 1.28. The summed E-state index contributed by atoms with van der Waals surface area (Å²) in [6.07, 6.45) is 0. The van der Waals surface area contributed by atoms with Gasteiger partial charge in [0.25, 0.3) is 5.91 Å². The predicted octanol–water partition coefficient (Wildman–Crippen LogP) is 1.46. The van der Waals surface area contributed by atoms with Crippen molar-refractivity contribution in [1.82, 2.24) is 4.90 Å². The molecule has 1 aromatic rings. The van der Waals surface area contributed by atoms with Crippen LogP contribution in [0.25, 0.3) is 0 Å². The van der Waals surface area contributed by atoms with Crippen LogP contribution in [-0.2, 0) is 0 Å². The van der Waals surface area contributed by atoms with Gasteiger partial charge in [0.1, 0.15) is 23.0 Å². The van der Waals surface area contributed by atoms with Gasteiger partial charge in [-0.1, -0.05) is 12.2 Å². The molecule has 0 fully saturated rings. The monoisotopic (exact) mass is 262 g/mol. The number of thiocarbonyl (C=S) groups is 1. The van der Waals surface area contributed by atoms with Crippen LogP contribution >= 0.6 is 12.2 Å². The van der Waals surface area contributed by atoms with E-state index >= 15 is 0 Å². The van der Waals surface area contributed by atoms with Crippen molar-refractivity contribution in [3.8, 4) is 0 Å². The molecule has 2 N–H and O–H groups in total. The van der Waals surface area contributed by atoms with Crippen molar-refractivity contribution in [2.75, 3.05) is 13.6 Å². The Morgan fingerprint density at radius 3 is 2.24 bits per heavy atom. The van der Waals surface area contributed by atoms with Crippen LogP contribution in [0.5, 0.6) is 0 Å². The van der Waals surface area contributed by atoms with E-state index < -0.39 is 28.9 Å². The van der Waals surface area contributed by atoms with E-state index in [-0.39, 0.29) is 11.5 Å². The second-order valence-electron chi connectivity index (χ2n) is 3.37. The minimum atomic E-state index is -1.26. The summed E-state index contributed by atoms with van der Waals surface area (Å²) in [5, 5.41) is 0. The molecule has 0 aromatic heterocycles. The number of carbonyl (C=O) groups excluding carboxylic acids is 1. The highest BCUT2D eigenvalue weighted by molar-refractivity contribution is 7.80. The Bertz CT molecular complexity index is 456. The van der Waals surface area contributed by atoms with E-state index in [0.29, 0.717) is 12.1 Å². The number of halogens is 3. The molecule has 0 saturated heterocycles. The molecule has 1 amide bonds. The smallest absolute Gasteiger partial charge is 0.259 e. The van der Waals surface area contributed by atoms with Gasteiger partial charge in [-0.05, 0) is 0 Å². The fraction of sp³-hybridized carbons (Fsp3) is 0.200. The fourth-order valence-corrected chi connectivity index (χ4v) is 1.44. The van der Waals surface area contributed by atoms with Gasteiger partial charge < -0.3 is 10.6 Å².